The lowest BCUT2D eigenvalue weighted by atomic mass is 10.4. The average Bonchev–Trinajstić information content (AvgIpc) is 2.89. The van der Waals surface area contributed by atoms with Gasteiger partial charge in [-0.1, -0.05) is 11.8 Å². The molecule has 2 aromatic rings. The van der Waals surface area contributed by atoms with Crippen molar-refractivity contribution in [2.24, 2.45) is 0 Å². The topological polar surface area (TPSA) is 110 Å². The van der Waals surface area contributed by atoms with Gasteiger partial charge in [-0.3, -0.25) is 0 Å². The van der Waals surface area contributed by atoms with E-state index in [1.807, 2.05) is 0 Å². The summed E-state index contributed by atoms with van der Waals surface area (Å²) >= 11 is 0.957. The molecule has 0 aliphatic carbocycles. The molecule has 1 atom stereocenters. The number of nitrogen functional groups attached to an aromatic ring is 1. The number of furan rings is 1. The van der Waals surface area contributed by atoms with Crippen LogP contribution in [0.15, 0.2) is 28.0 Å². The molecule has 0 bridgehead atoms. The first-order valence-electron chi connectivity index (χ1n) is 4.71. The standard InChI is InChI=1S/C9H10N4O3S/c1-5(8(14)15)17-9-12-11-7(13(9)10)6-3-2-4-16-6/h2-5H,10H2,1H3,(H,14,15)/p-1/t5-/m0/s1. The molecule has 0 aliphatic rings. The Bertz CT molecular complexity index is 522. The number of nitrogens with zero attached hydrogens (tertiary/aromatic N) is 3. The van der Waals surface area contributed by atoms with Crippen LogP contribution in [0.5, 0.6) is 0 Å². The summed E-state index contributed by atoms with van der Waals surface area (Å²) in [5.41, 5.74) is 0. The van der Waals surface area contributed by atoms with E-state index in [-0.39, 0.29) is 5.16 Å². The molecule has 2 rings (SSSR count). The van der Waals surface area contributed by atoms with Crippen molar-refractivity contribution in [2.75, 3.05) is 5.84 Å². The predicted octanol–water partition coefficient (Wildman–Crippen LogP) is -0.518. The summed E-state index contributed by atoms with van der Waals surface area (Å²) in [4.78, 5) is 10.6. The highest BCUT2D eigenvalue weighted by molar-refractivity contribution is 8.00. The van der Waals surface area contributed by atoms with Crippen LogP contribution in [0.3, 0.4) is 0 Å². The molecule has 8 heteroatoms. The molecular formula is C9H9N4O3S-. The van der Waals surface area contributed by atoms with Crippen molar-refractivity contribution in [1.82, 2.24) is 14.9 Å². The SMILES string of the molecule is C[C@H](Sc1nnc(-c2ccco2)n1N)C(=O)[O-]. The minimum atomic E-state index is -1.18. The number of hydrogen-bond donors (Lipinski definition) is 1. The van der Waals surface area contributed by atoms with E-state index < -0.39 is 11.2 Å². The van der Waals surface area contributed by atoms with Crippen molar-refractivity contribution < 1.29 is 14.3 Å². The summed E-state index contributed by atoms with van der Waals surface area (Å²) < 4.78 is 6.31. The molecule has 0 radical (unpaired) electrons. The molecule has 0 amide bonds. The molecule has 17 heavy (non-hydrogen) atoms. The number of carbonyl (C=O) groups excluding carboxylic acids is 1. The van der Waals surface area contributed by atoms with Crippen LogP contribution in [0, 0.1) is 0 Å². The molecule has 2 N–H and O–H groups in total. The Morgan fingerprint density at radius 1 is 1.65 bits per heavy atom. The van der Waals surface area contributed by atoms with Gasteiger partial charge in [0, 0.05) is 5.25 Å². The quantitative estimate of drug-likeness (QED) is 0.576. The highest BCUT2D eigenvalue weighted by Gasteiger charge is 2.16. The van der Waals surface area contributed by atoms with Gasteiger partial charge in [0.1, 0.15) is 0 Å². The number of aromatic nitrogens is 3. The van der Waals surface area contributed by atoms with Gasteiger partial charge < -0.3 is 20.2 Å². The summed E-state index contributed by atoms with van der Waals surface area (Å²) in [5, 5.41) is 17.8. The van der Waals surface area contributed by atoms with E-state index in [2.05, 4.69) is 10.2 Å². The maximum Gasteiger partial charge on any atom is 0.218 e. The van der Waals surface area contributed by atoms with E-state index in [4.69, 9.17) is 10.3 Å². The number of carbonyl (C=O) groups is 1. The van der Waals surface area contributed by atoms with Gasteiger partial charge in [-0.15, -0.1) is 10.2 Å². The molecule has 2 aromatic heterocycles. The maximum absolute atomic E-state index is 10.6. The van der Waals surface area contributed by atoms with Gasteiger partial charge in [0.25, 0.3) is 0 Å². The Kier molecular flexibility index (Phi) is 3.05. The van der Waals surface area contributed by atoms with Crippen molar-refractivity contribution in [3.63, 3.8) is 0 Å². The highest BCUT2D eigenvalue weighted by atomic mass is 32.2. The van der Waals surface area contributed by atoms with Gasteiger partial charge in [-0.2, -0.15) is 0 Å². The van der Waals surface area contributed by atoms with Crippen LogP contribution >= 0.6 is 11.8 Å². The van der Waals surface area contributed by atoms with Crippen LogP contribution < -0.4 is 10.9 Å². The third kappa shape index (κ3) is 2.26. The number of nitrogens with two attached hydrogens (primary N) is 1. The first-order chi connectivity index (χ1) is 8.09. The lowest BCUT2D eigenvalue weighted by molar-refractivity contribution is -0.304. The highest BCUT2D eigenvalue weighted by Crippen LogP contribution is 2.24. The van der Waals surface area contributed by atoms with Crippen LogP contribution in [0.4, 0.5) is 0 Å². The first kappa shape index (κ1) is 11.5. The van der Waals surface area contributed by atoms with Crippen molar-refractivity contribution in [2.45, 2.75) is 17.3 Å². The van der Waals surface area contributed by atoms with Crippen molar-refractivity contribution in [3.05, 3.63) is 18.4 Å². The van der Waals surface area contributed by atoms with Crippen molar-refractivity contribution in [3.8, 4) is 11.6 Å². The Morgan fingerprint density at radius 2 is 2.41 bits per heavy atom. The number of carboxylic acid groups (broad SMARTS) is 1. The average molecular weight is 253 g/mol. The van der Waals surface area contributed by atoms with E-state index in [1.165, 1.54) is 17.9 Å². The molecule has 90 valence electrons. The summed E-state index contributed by atoms with van der Waals surface area (Å²) in [5.74, 6) is 5.36. The van der Waals surface area contributed by atoms with E-state index in [0.717, 1.165) is 11.8 Å². The minimum absolute atomic E-state index is 0.285. The molecule has 2 heterocycles. The summed E-state index contributed by atoms with van der Waals surface area (Å²) in [7, 11) is 0. The largest absolute Gasteiger partial charge is 0.549 e. The second-order valence-electron chi connectivity index (χ2n) is 3.23. The number of aliphatic carboxylic acids is 1. The molecular weight excluding hydrogens is 244 g/mol. The minimum Gasteiger partial charge on any atom is -0.549 e. The fourth-order valence-corrected chi connectivity index (χ4v) is 1.84. The number of thioether (sulfide) groups is 1. The maximum atomic E-state index is 10.6. The fraction of sp³-hybridized carbons (Fsp3) is 0.222. The van der Waals surface area contributed by atoms with Crippen LogP contribution in [-0.4, -0.2) is 26.1 Å². The Balaban J connectivity index is 2.24. The van der Waals surface area contributed by atoms with Gasteiger partial charge in [-0.05, 0) is 19.1 Å². The van der Waals surface area contributed by atoms with Crippen LogP contribution in [0.25, 0.3) is 11.6 Å². The monoisotopic (exact) mass is 253 g/mol. The zero-order valence-electron chi connectivity index (χ0n) is 8.86. The third-order valence-corrected chi connectivity index (χ3v) is 3.06. The van der Waals surface area contributed by atoms with Crippen molar-refractivity contribution in [1.29, 1.82) is 0 Å². The number of carboxylic acids is 1. The third-order valence-electron chi connectivity index (χ3n) is 2.02. The second kappa shape index (κ2) is 4.50. The first-order valence-corrected chi connectivity index (χ1v) is 5.59. The van der Waals surface area contributed by atoms with Gasteiger partial charge in [0.15, 0.2) is 5.76 Å². The summed E-state index contributed by atoms with van der Waals surface area (Å²) in [6, 6.07) is 3.38. The van der Waals surface area contributed by atoms with Crippen LogP contribution in [-0.2, 0) is 4.79 Å². The van der Waals surface area contributed by atoms with E-state index >= 15 is 0 Å². The molecule has 0 fully saturated rings. The zero-order chi connectivity index (χ0) is 12.4. The van der Waals surface area contributed by atoms with Crippen LogP contribution in [0.2, 0.25) is 0 Å². The zero-order valence-corrected chi connectivity index (χ0v) is 9.68. The van der Waals surface area contributed by atoms with Gasteiger partial charge >= 0.3 is 0 Å². The van der Waals surface area contributed by atoms with Gasteiger partial charge in [0.05, 0.1) is 12.2 Å². The van der Waals surface area contributed by atoms with E-state index in [0.29, 0.717) is 11.6 Å². The normalized spacial score (nSPS) is 12.5. The molecule has 0 aromatic carbocycles. The molecule has 0 spiro atoms. The molecule has 7 nitrogen and oxygen atoms in total. The van der Waals surface area contributed by atoms with Crippen LogP contribution in [0.1, 0.15) is 6.92 Å². The molecule has 0 saturated carbocycles. The Labute approximate surface area is 101 Å². The summed E-state index contributed by atoms with van der Waals surface area (Å²) in [6.45, 7) is 1.49. The van der Waals surface area contributed by atoms with Crippen molar-refractivity contribution >= 4 is 17.7 Å². The van der Waals surface area contributed by atoms with E-state index in [1.54, 1.807) is 12.1 Å². The summed E-state index contributed by atoms with van der Waals surface area (Å²) in [6.07, 6.45) is 1.49. The Hall–Kier alpha value is -1.96. The lowest BCUT2D eigenvalue weighted by Gasteiger charge is -2.10. The van der Waals surface area contributed by atoms with E-state index in [9.17, 15) is 9.90 Å². The molecule has 0 unspecified atom stereocenters. The fourth-order valence-electron chi connectivity index (χ4n) is 1.14. The van der Waals surface area contributed by atoms with Gasteiger partial charge in [0.2, 0.25) is 11.0 Å². The molecule has 0 aliphatic heterocycles. The number of hydrogen-bond acceptors (Lipinski definition) is 7. The predicted molar refractivity (Wildman–Crippen MR) is 58.2 cm³/mol. The smallest absolute Gasteiger partial charge is 0.218 e. The number of rotatable bonds is 4. The second-order valence-corrected chi connectivity index (χ2v) is 4.54. The van der Waals surface area contributed by atoms with Gasteiger partial charge in [-0.25, -0.2) is 4.68 Å². The Morgan fingerprint density at radius 3 is 3.00 bits per heavy atom. The lowest BCUT2D eigenvalue weighted by Crippen LogP contribution is -2.31. The molecule has 0 saturated heterocycles.